The maximum Gasteiger partial charge on any atom is 0.243 e. The van der Waals surface area contributed by atoms with Crippen molar-refractivity contribution in [1.82, 2.24) is 10.2 Å². The standard InChI is InChI=1S/C30H36FN3O5S/c1-4-32-30(36)28(21-23-10-6-5-7-11-23)33(22-24-12-8-13-27(20-24)39-2)29(35)14-9-19-34(40(3,37)38)26-17-15-25(31)16-18-26/h5-8,10-13,15-18,20,28H,4,9,14,19,21-22H2,1-3H3,(H,32,36)/t28-/m1/s1. The first kappa shape index (κ1) is 30.6. The van der Waals surface area contributed by atoms with Crippen molar-refractivity contribution in [3.8, 4) is 5.75 Å². The maximum absolute atomic E-state index is 13.8. The Morgan fingerprint density at radius 3 is 2.27 bits per heavy atom. The number of hydrogen-bond donors (Lipinski definition) is 1. The number of methoxy groups -OCH3 is 1. The van der Waals surface area contributed by atoms with Crippen LogP contribution in [0.5, 0.6) is 5.75 Å². The van der Waals surface area contributed by atoms with Gasteiger partial charge in [-0.05, 0) is 60.9 Å². The Morgan fingerprint density at radius 2 is 1.65 bits per heavy atom. The van der Waals surface area contributed by atoms with Gasteiger partial charge < -0.3 is 15.0 Å². The predicted octanol–water partition coefficient (Wildman–Crippen LogP) is 4.16. The number of halogens is 1. The average molecular weight is 570 g/mol. The summed E-state index contributed by atoms with van der Waals surface area (Å²) < 4.78 is 44.9. The smallest absolute Gasteiger partial charge is 0.243 e. The molecule has 0 heterocycles. The summed E-state index contributed by atoms with van der Waals surface area (Å²) in [6, 6.07) is 21.1. The number of amides is 2. The molecule has 1 N–H and O–H groups in total. The molecule has 0 saturated carbocycles. The number of nitrogens with zero attached hydrogens (tertiary/aromatic N) is 2. The van der Waals surface area contributed by atoms with Gasteiger partial charge in [0.1, 0.15) is 17.6 Å². The van der Waals surface area contributed by atoms with Gasteiger partial charge in [0.25, 0.3) is 0 Å². The molecule has 3 aromatic rings. The molecular formula is C30H36FN3O5S. The second kappa shape index (κ2) is 14.5. The molecule has 214 valence electrons. The number of benzene rings is 3. The molecule has 0 fully saturated rings. The maximum atomic E-state index is 13.8. The molecule has 3 aromatic carbocycles. The molecule has 0 aliphatic carbocycles. The van der Waals surface area contributed by atoms with E-state index in [9.17, 15) is 22.4 Å². The molecule has 0 spiro atoms. The first-order chi connectivity index (χ1) is 19.1. The highest BCUT2D eigenvalue weighted by molar-refractivity contribution is 7.92. The van der Waals surface area contributed by atoms with Crippen LogP contribution in [0.3, 0.4) is 0 Å². The molecule has 40 heavy (non-hydrogen) atoms. The van der Waals surface area contributed by atoms with E-state index >= 15 is 0 Å². The molecule has 2 amide bonds. The van der Waals surface area contributed by atoms with Crippen molar-refractivity contribution in [2.45, 2.75) is 38.8 Å². The number of likely N-dealkylation sites (N-methyl/N-ethyl adjacent to an activating group) is 1. The third-order valence-electron chi connectivity index (χ3n) is 6.38. The lowest BCUT2D eigenvalue weighted by atomic mass is 10.0. The number of carbonyl (C=O) groups is 2. The summed E-state index contributed by atoms with van der Waals surface area (Å²) in [5.41, 5.74) is 2.01. The van der Waals surface area contributed by atoms with Crippen LogP contribution in [0.15, 0.2) is 78.9 Å². The van der Waals surface area contributed by atoms with E-state index < -0.39 is 21.9 Å². The molecule has 1 atom stereocenters. The summed E-state index contributed by atoms with van der Waals surface area (Å²) in [6.45, 7) is 2.42. The third-order valence-corrected chi connectivity index (χ3v) is 7.57. The average Bonchev–Trinajstić information content (AvgIpc) is 2.93. The zero-order valence-corrected chi connectivity index (χ0v) is 23.9. The van der Waals surface area contributed by atoms with Crippen molar-refractivity contribution in [2.75, 3.05) is 30.8 Å². The quantitative estimate of drug-likeness (QED) is 0.315. The molecule has 0 radical (unpaired) electrons. The lowest BCUT2D eigenvalue weighted by Gasteiger charge is -2.32. The molecule has 0 aromatic heterocycles. The van der Waals surface area contributed by atoms with Gasteiger partial charge in [-0.1, -0.05) is 42.5 Å². The summed E-state index contributed by atoms with van der Waals surface area (Å²) in [5.74, 6) is -0.407. The van der Waals surface area contributed by atoms with Crippen molar-refractivity contribution in [2.24, 2.45) is 0 Å². The SMILES string of the molecule is CCNC(=O)[C@@H](Cc1ccccc1)N(Cc1cccc(OC)c1)C(=O)CCCN(c1ccc(F)cc1)S(C)(=O)=O. The first-order valence-electron chi connectivity index (χ1n) is 13.1. The van der Waals surface area contributed by atoms with Gasteiger partial charge in [0.2, 0.25) is 21.8 Å². The summed E-state index contributed by atoms with van der Waals surface area (Å²) in [6.07, 6.45) is 1.58. The van der Waals surface area contributed by atoms with E-state index in [0.717, 1.165) is 21.7 Å². The van der Waals surface area contributed by atoms with Crippen LogP contribution >= 0.6 is 0 Å². The van der Waals surface area contributed by atoms with E-state index in [-0.39, 0.29) is 37.7 Å². The number of hydrogen-bond acceptors (Lipinski definition) is 5. The second-order valence-corrected chi connectivity index (χ2v) is 11.3. The van der Waals surface area contributed by atoms with Crippen LogP contribution in [0.4, 0.5) is 10.1 Å². The van der Waals surface area contributed by atoms with Gasteiger partial charge in [-0.2, -0.15) is 0 Å². The molecule has 0 unspecified atom stereocenters. The lowest BCUT2D eigenvalue weighted by molar-refractivity contribution is -0.141. The minimum atomic E-state index is -3.68. The summed E-state index contributed by atoms with van der Waals surface area (Å²) in [4.78, 5) is 28.6. The number of rotatable bonds is 14. The van der Waals surface area contributed by atoms with Crippen molar-refractivity contribution < 1.29 is 27.1 Å². The van der Waals surface area contributed by atoms with Gasteiger partial charge in [0, 0.05) is 32.5 Å². The van der Waals surface area contributed by atoms with Crippen molar-refractivity contribution in [1.29, 1.82) is 0 Å². The van der Waals surface area contributed by atoms with Crippen molar-refractivity contribution in [3.63, 3.8) is 0 Å². The molecule has 0 aliphatic heterocycles. The van der Waals surface area contributed by atoms with Crippen molar-refractivity contribution in [3.05, 3.63) is 95.8 Å². The first-order valence-corrected chi connectivity index (χ1v) is 14.9. The fourth-order valence-corrected chi connectivity index (χ4v) is 5.39. The largest absolute Gasteiger partial charge is 0.497 e. The van der Waals surface area contributed by atoms with E-state index in [0.29, 0.717) is 24.4 Å². The molecular weight excluding hydrogens is 533 g/mol. The Hall–Kier alpha value is -3.92. The molecule has 0 aliphatic rings. The van der Waals surface area contributed by atoms with E-state index in [2.05, 4.69) is 5.32 Å². The molecule has 8 nitrogen and oxygen atoms in total. The minimum absolute atomic E-state index is 0.00186. The summed E-state index contributed by atoms with van der Waals surface area (Å²) >= 11 is 0. The van der Waals surface area contributed by atoms with Crippen molar-refractivity contribution >= 4 is 27.5 Å². The number of carbonyl (C=O) groups excluding carboxylic acids is 2. The van der Waals surface area contributed by atoms with Gasteiger partial charge in [-0.3, -0.25) is 13.9 Å². The molecule has 10 heteroatoms. The van der Waals surface area contributed by atoms with E-state index in [1.807, 2.05) is 55.5 Å². The van der Waals surface area contributed by atoms with Gasteiger partial charge in [-0.25, -0.2) is 12.8 Å². The zero-order valence-electron chi connectivity index (χ0n) is 23.0. The highest BCUT2D eigenvalue weighted by Crippen LogP contribution is 2.21. The van der Waals surface area contributed by atoms with E-state index in [1.165, 1.54) is 24.3 Å². The van der Waals surface area contributed by atoms with Crippen LogP contribution < -0.4 is 14.4 Å². The molecule has 0 saturated heterocycles. The van der Waals surface area contributed by atoms with E-state index in [4.69, 9.17) is 4.74 Å². The Balaban J connectivity index is 1.87. The normalized spacial score (nSPS) is 11.9. The van der Waals surface area contributed by atoms with Crippen LogP contribution in [-0.2, 0) is 32.6 Å². The Morgan fingerprint density at radius 1 is 0.975 bits per heavy atom. The lowest BCUT2D eigenvalue weighted by Crippen LogP contribution is -2.50. The second-order valence-electron chi connectivity index (χ2n) is 9.39. The number of nitrogens with one attached hydrogen (secondary N) is 1. The highest BCUT2D eigenvalue weighted by Gasteiger charge is 2.30. The van der Waals surface area contributed by atoms with Gasteiger partial charge in [-0.15, -0.1) is 0 Å². The van der Waals surface area contributed by atoms with Crippen LogP contribution in [0, 0.1) is 5.82 Å². The monoisotopic (exact) mass is 569 g/mol. The Kier molecular flexibility index (Phi) is 11.1. The van der Waals surface area contributed by atoms with Gasteiger partial charge >= 0.3 is 0 Å². The van der Waals surface area contributed by atoms with Crippen LogP contribution in [0.1, 0.15) is 30.9 Å². The number of ether oxygens (including phenoxy) is 1. The summed E-state index contributed by atoms with van der Waals surface area (Å²) in [5, 5.41) is 2.85. The minimum Gasteiger partial charge on any atom is -0.497 e. The van der Waals surface area contributed by atoms with Gasteiger partial charge in [0.15, 0.2) is 0 Å². The molecule has 0 bridgehead atoms. The van der Waals surface area contributed by atoms with Crippen LogP contribution in [-0.4, -0.2) is 57.6 Å². The highest BCUT2D eigenvalue weighted by atomic mass is 32.2. The molecule has 3 rings (SSSR count). The zero-order chi connectivity index (χ0) is 29.1. The van der Waals surface area contributed by atoms with Gasteiger partial charge in [0.05, 0.1) is 19.1 Å². The van der Waals surface area contributed by atoms with E-state index in [1.54, 1.807) is 18.1 Å². The fourth-order valence-electron chi connectivity index (χ4n) is 4.42. The third kappa shape index (κ3) is 8.81. The summed E-state index contributed by atoms with van der Waals surface area (Å²) in [7, 11) is -2.12. The topological polar surface area (TPSA) is 96.0 Å². The fraction of sp³-hybridized carbons (Fsp3) is 0.333. The predicted molar refractivity (Wildman–Crippen MR) is 154 cm³/mol. The Labute approximate surface area is 235 Å². The number of anilines is 1. The Bertz CT molecular complexity index is 1370. The van der Waals surface area contributed by atoms with Crippen LogP contribution in [0.2, 0.25) is 0 Å². The van der Waals surface area contributed by atoms with Crippen LogP contribution in [0.25, 0.3) is 0 Å². The number of sulfonamides is 1.